The lowest BCUT2D eigenvalue weighted by atomic mass is 9.92. The van der Waals surface area contributed by atoms with Gasteiger partial charge in [0.05, 0.1) is 68.3 Å². The second-order valence-corrected chi connectivity index (χ2v) is 14.9. The minimum atomic E-state index is -0.656. The van der Waals surface area contributed by atoms with Crippen molar-refractivity contribution in [2.24, 2.45) is 0 Å². The van der Waals surface area contributed by atoms with Gasteiger partial charge in [-0.25, -0.2) is 4.79 Å². The Hall–Kier alpha value is -6.83. The summed E-state index contributed by atoms with van der Waals surface area (Å²) < 4.78 is 49.4. The van der Waals surface area contributed by atoms with Gasteiger partial charge < -0.3 is 48.4 Å². The molecule has 4 aromatic rings. The fourth-order valence-corrected chi connectivity index (χ4v) is 7.29. The quantitative estimate of drug-likeness (QED) is 0.138. The van der Waals surface area contributed by atoms with Crippen LogP contribution in [0.4, 0.5) is 16.2 Å². The summed E-state index contributed by atoms with van der Waals surface area (Å²) in [7, 11) is 12.4. The van der Waals surface area contributed by atoms with E-state index in [1.807, 2.05) is 24.3 Å². The number of allylic oxidation sites excluding steroid dienone is 2. The van der Waals surface area contributed by atoms with E-state index in [9.17, 15) is 14.4 Å². The molecule has 0 radical (unpaired) electrons. The molecule has 14 nitrogen and oxygen atoms in total. The Balaban J connectivity index is 0.000000237. The van der Waals surface area contributed by atoms with Crippen LogP contribution in [0.25, 0.3) is 11.1 Å². The topological polar surface area (TPSA) is 172 Å². The maximum absolute atomic E-state index is 12.7. The Morgan fingerprint density at radius 2 is 0.967 bits per heavy atom. The maximum atomic E-state index is 12.7. The van der Waals surface area contributed by atoms with Crippen LogP contribution in [0.3, 0.4) is 0 Å². The van der Waals surface area contributed by atoms with Gasteiger partial charge in [0.25, 0.3) is 0 Å². The van der Waals surface area contributed by atoms with Crippen molar-refractivity contribution in [3.05, 3.63) is 94.1 Å². The summed E-state index contributed by atoms with van der Waals surface area (Å²) in [6.45, 7) is 5.36. The Kier molecular flexibility index (Phi) is 14.5. The molecule has 0 saturated heterocycles. The summed E-state index contributed by atoms with van der Waals surface area (Å²) in [4.78, 5) is 37.5. The molecular formula is C47H54N2O12. The van der Waals surface area contributed by atoms with Crippen LogP contribution in [0.2, 0.25) is 0 Å². The number of ether oxygens (including phenoxy) is 9. The van der Waals surface area contributed by atoms with E-state index in [1.54, 1.807) is 107 Å². The Morgan fingerprint density at radius 1 is 0.541 bits per heavy atom. The molecule has 6 rings (SSSR count). The number of nitrogens with one attached hydrogen (secondary N) is 1. The third-order valence-electron chi connectivity index (χ3n) is 9.99. The number of anilines is 2. The third kappa shape index (κ3) is 9.97. The average molecular weight is 839 g/mol. The van der Waals surface area contributed by atoms with Gasteiger partial charge in [-0.15, -0.1) is 0 Å². The number of amides is 1. The molecule has 0 aliphatic heterocycles. The van der Waals surface area contributed by atoms with Gasteiger partial charge in [0.1, 0.15) is 17.1 Å². The van der Waals surface area contributed by atoms with Crippen LogP contribution in [0.1, 0.15) is 67.0 Å². The van der Waals surface area contributed by atoms with E-state index < -0.39 is 11.7 Å². The maximum Gasteiger partial charge on any atom is 0.412 e. The molecule has 0 bridgehead atoms. The van der Waals surface area contributed by atoms with Crippen LogP contribution in [-0.2, 0) is 27.2 Å². The van der Waals surface area contributed by atoms with E-state index in [4.69, 9.17) is 48.4 Å². The van der Waals surface area contributed by atoms with E-state index in [-0.39, 0.29) is 11.6 Å². The number of nitrogens with two attached hydrogens (primary N) is 1. The van der Waals surface area contributed by atoms with E-state index in [1.165, 1.54) is 7.11 Å². The predicted molar refractivity (Wildman–Crippen MR) is 233 cm³/mol. The molecule has 2 aliphatic rings. The summed E-state index contributed by atoms with van der Waals surface area (Å²) in [5.41, 5.74) is 12.7. The van der Waals surface area contributed by atoms with Gasteiger partial charge in [-0.1, -0.05) is 12.1 Å². The summed E-state index contributed by atoms with van der Waals surface area (Å²) in [5.74, 6) is 4.17. The molecule has 4 aromatic carbocycles. The number of fused-ring (bicyclic) bond motifs is 2. The highest BCUT2D eigenvalue weighted by atomic mass is 16.6. The van der Waals surface area contributed by atoms with Gasteiger partial charge in [0.15, 0.2) is 34.6 Å². The molecule has 0 unspecified atom stereocenters. The van der Waals surface area contributed by atoms with Gasteiger partial charge in [-0.05, 0) is 116 Å². The number of nitrogen functional groups attached to an aromatic ring is 1. The van der Waals surface area contributed by atoms with Gasteiger partial charge in [0, 0.05) is 24.0 Å². The molecule has 14 heteroatoms. The van der Waals surface area contributed by atoms with Gasteiger partial charge in [0.2, 0.25) is 11.5 Å². The SMILES string of the molecule is COc1ccc(C2=CC(=O)CCc3c2cc(OC)c(OC)c3OC)cc1N.COc1ccc(C2=CC(=O)CCc3c2cc(OC)c(OC)c3OC)cc1NC(=O)OC(C)(C)C. The molecule has 0 fully saturated rings. The largest absolute Gasteiger partial charge is 0.495 e. The van der Waals surface area contributed by atoms with Crippen molar-refractivity contribution in [1.29, 1.82) is 0 Å². The summed E-state index contributed by atoms with van der Waals surface area (Å²) in [6.07, 6.45) is 4.38. The van der Waals surface area contributed by atoms with E-state index in [2.05, 4.69) is 5.32 Å². The fraction of sp³-hybridized carbons (Fsp3) is 0.340. The number of methoxy groups -OCH3 is 8. The first-order valence-electron chi connectivity index (χ1n) is 19.4. The summed E-state index contributed by atoms with van der Waals surface area (Å²) in [6, 6.07) is 14.5. The lowest BCUT2D eigenvalue weighted by molar-refractivity contribution is -0.115. The molecule has 3 N–H and O–H groups in total. The van der Waals surface area contributed by atoms with Crippen molar-refractivity contribution in [2.45, 2.75) is 52.1 Å². The van der Waals surface area contributed by atoms with Crippen LogP contribution in [0, 0.1) is 0 Å². The predicted octanol–water partition coefficient (Wildman–Crippen LogP) is 8.27. The van der Waals surface area contributed by atoms with Gasteiger partial charge in [-0.2, -0.15) is 0 Å². The summed E-state index contributed by atoms with van der Waals surface area (Å²) >= 11 is 0. The minimum Gasteiger partial charge on any atom is -0.495 e. The zero-order valence-electron chi connectivity index (χ0n) is 36.6. The van der Waals surface area contributed by atoms with E-state index in [0.29, 0.717) is 94.2 Å². The first kappa shape index (κ1) is 45.3. The number of hydrogen-bond acceptors (Lipinski definition) is 13. The van der Waals surface area contributed by atoms with Crippen molar-refractivity contribution in [3.8, 4) is 46.0 Å². The van der Waals surface area contributed by atoms with Crippen molar-refractivity contribution in [1.82, 2.24) is 0 Å². The number of benzene rings is 4. The van der Waals surface area contributed by atoms with Crippen LogP contribution in [0.5, 0.6) is 46.0 Å². The first-order valence-corrected chi connectivity index (χ1v) is 19.4. The molecule has 324 valence electrons. The molecule has 0 aromatic heterocycles. The minimum absolute atomic E-state index is 0.0244. The Morgan fingerprint density at radius 3 is 1.36 bits per heavy atom. The summed E-state index contributed by atoms with van der Waals surface area (Å²) in [5, 5.41) is 2.74. The molecule has 2 aliphatic carbocycles. The van der Waals surface area contributed by atoms with E-state index >= 15 is 0 Å². The Labute approximate surface area is 356 Å². The molecule has 61 heavy (non-hydrogen) atoms. The number of ketones is 2. The van der Waals surface area contributed by atoms with Crippen LogP contribution in [0.15, 0.2) is 60.7 Å². The second kappa shape index (κ2) is 19.5. The highest BCUT2D eigenvalue weighted by molar-refractivity contribution is 6.04. The van der Waals surface area contributed by atoms with Gasteiger partial charge in [-0.3, -0.25) is 14.9 Å². The monoisotopic (exact) mass is 838 g/mol. The lowest BCUT2D eigenvalue weighted by Crippen LogP contribution is -2.27. The second-order valence-electron chi connectivity index (χ2n) is 14.9. The normalized spacial score (nSPS) is 13.3. The molecular weight excluding hydrogens is 785 g/mol. The standard InChI is InChI=1S/C26H31NO7.C21H23NO5/c1-26(2,3)34-25(29)27-20-12-15(8-11-21(20)30-4)18-13-16(28)9-10-17-19(18)14-22(31-5)24(33-7)23(17)32-6;1-24-18-8-5-12(9-17(18)22)15-10-13(23)6-7-14-16(15)11-19(25-2)21(27-4)20(14)26-3/h8,11-14H,9-10H2,1-7H3,(H,27,29);5,8-11H,6-7,22H2,1-4H3. The van der Waals surface area contributed by atoms with Crippen LogP contribution < -0.4 is 48.9 Å². The highest BCUT2D eigenvalue weighted by Gasteiger charge is 2.28. The van der Waals surface area contributed by atoms with Gasteiger partial charge >= 0.3 is 6.09 Å². The van der Waals surface area contributed by atoms with Crippen molar-refractivity contribution < 1.29 is 57.0 Å². The van der Waals surface area contributed by atoms with Crippen molar-refractivity contribution >= 4 is 40.2 Å². The number of hydrogen-bond donors (Lipinski definition) is 2. The third-order valence-corrected chi connectivity index (χ3v) is 9.99. The molecule has 0 spiro atoms. The number of carbonyl (C=O) groups is 3. The molecule has 0 atom stereocenters. The first-order chi connectivity index (χ1) is 29.1. The highest BCUT2D eigenvalue weighted by Crippen LogP contribution is 2.48. The zero-order chi connectivity index (χ0) is 44.6. The van der Waals surface area contributed by atoms with Crippen molar-refractivity contribution in [3.63, 3.8) is 0 Å². The zero-order valence-corrected chi connectivity index (χ0v) is 36.6. The average Bonchev–Trinajstić information content (AvgIpc) is 3.51. The fourth-order valence-electron chi connectivity index (χ4n) is 7.29. The Bertz CT molecular complexity index is 2370. The van der Waals surface area contributed by atoms with Crippen LogP contribution in [-0.4, -0.2) is 80.1 Å². The smallest absolute Gasteiger partial charge is 0.412 e. The number of carbonyl (C=O) groups excluding carboxylic acids is 3. The van der Waals surface area contributed by atoms with Crippen molar-refractivity contribution in [2.75, 3.05) is 67.9 Å². The van der Waals surface area contributed by atoms with E-state index in [0.717, 1.165) is 33.4 Å². The molecule has 1 amide bonds. The lowest BCUT2D eigenvalue weighted by Gasteiger charge is -2.21. The number of rotatable bonds is 11. The van der Waals surface area contributed by atoms with Crippen LogP contribution >= 0.6 is 0 Å². The molecule has 0 heterocycles. The molecule has 0 saturated carbocycles.